The molecule has 1 aromatic carbocycles. The molecule has 11 nitrogen and oxygen atoms in total. The topological polar surface area (TPSA) is 154 Å². The molecule has 0 radical (unpaired) electrons. The molecule has 3 aromatic rings. The van der Waals surface area contributed by atoms with Gasteiger partial charge in [0.1, 0.15) is 0 Å². The predicted octanol–water partition coefficient (Wildman–Crippen LogP) is 0.703. The minimum Gasteiger partial charge on any atom is -0.477 e. The molecule has 0 saturated carbocycles. The Morgan fingerprint density at radius 2 is 2.03 bits per heavy atom. The van der Waals surface area contributed by atoms with E-state index >= 15 is 0 Å². The van der Waals surface area contributed by atoms with Gasteiger partial charge >= 0.3 is 5.97 Å². The SMILES string of the molecule is Cn1cc(NC(=O)c2cccc(Cn3nc(OCCCN)ccc3=O)c2)c(C(=O)O)n1. The maximum absolute atomic E-state index is 12.6. The molecular weight excluding hydrogens is 404 g/mol. The Kier molecular flexibility index (Phi) is 6.78. The Balaban J connectivity index is 1.76. The van der Waals surface area contributed by atoms with Gasteiger partial charge in [0.2, 0.25) is 5.88 Å². The van der Waals surface area contributed by atoms with E-state index in [2.05, 4.69) is 15.5 Å². The molecule has 3 rings (SSSR count). The van der Waals surface area contributed by atoms with Gasteiger partial charge in [-0.3, -0.25) is 14.3 Å². The summed E-state index contributed by atoms with van der Waals surface area (Å²) < 4.78 is 8.01. The van der Waals surface area contributed by atoms with Crippen LogP contribution in [0.5, 0.6) is 5.88 Å². The first-order valence-corrected chi connectivity index (χ1v) is 9.45. The molecule has 4 N–H and O–H groups in total. The Hall–Kier alpha value is -3.99. The van der Waals surface area contributed by atoms with E-state index in [1.54, 1.807) is 31.3 Å². The molecule has 162 valence electrons. The van der Waals surface area contributed by atoms with E-state index < -0.39 is 11.9 Å². The Morgan fingerprint density at radius 1 is 1.23 bits per heavy atom. The summed E-state index contributed by atoms with van der Waals surface area (Å²) >= 11 is 0. The van der Waals surface area contributed by atoms with Gasteiger partial charge < -0.3 is 20.9 Å². The summed E-state index contributed by atoms with van der Waals surface area (Å²) in [6.45, 7) is 1.01. The second kappa shape index (κ2) is 9.67. The zero-order valence-electron chi connectivity index (χ0n) is 16.8. The number of ether oxygens (including phenoxy) is 1. The number of nitrogens with zero attached hydrogens (tertiary/aromatic N) is 4. The summed E-state index contributed by atoms with van der Waals surface area (Å²) in [6.07, 6.45) is 2.07. The molecule has 0 aliphatic rings. The Bertz CT molecular complexity index is 1150. The van der Waals surface area contributed by atoms with Gasteiger partial charge in [0.25, 0.3) is 11.5 Å². The lowest BCUT2D eigenvalue weighted by molar-refractivity contribution is 0.0690. The Labute approximate surface area is 177 Å². The number of benzene rings is 1. The monoisotopic (exact) mass is 426 g/mol. The highest BCUT2D eigenvalue weighted by Crippen LogP contribution is 2.16. The zero-order valence-corrected chi connectivity index (χ0v) is 16.8. The highest BCUT2D eigenvalue weighted by atomic mass is 16.5. The van der Waals surface area contributed by atoms with E-state index in [1.807, 2.05) is 0 Å². The predicted molar refractivity (Wildman–Crippen MR) is 111 cm³/mol. The number of hydrogen-bond acceptors (Lipinski definition) is 7. The van der Waals surface area contributed by atoms with Crippen molar-refractivity contribution in [3.05, 3.63) is 69.8 Å². The van der Waals surface area contributed by atoms with Crippen LogP contribution in [0.1, 0.15) is 32.8 Å². The van der Waals surface area contributed by atoms with Crippen LogP contribution >= 0.6 is 0 Å². The van der Waals surface area contributed by atoms with E-state index in [0.717, 1.165) is 0 Å². The fourth-order valence-corrected chi connectivity index (χ4v) is 2.80. The van der Waals surface area contributed by atoms with Crippen molar-refractivity contribution < 1.29 is 19.4 Å². The Morgan fingerprint density at radius 3 is 2.77 bits per heavy atom. The van der Waals surface area contributed by atoms with Gasteiger partial charge in [0.15, 0.2) is 5.69 Å². The third-order valence-electron chi connectivity index (χ3n) is 4.24. The number of carboxylic acid groups (broad SMARTS) is 1. The minimum absolute atomic E-state index is 0.0885. The number of aromatic nitrogens is 4. The zero-order chi connectivity index (χ0) is 22.4. The first-order chi connectivity index (χ1) is 14.9. The number of nitrogens with two attached hydrogens (primary N) is 1. The molecule has 0 saturated heterocycles. The van der Waals surface area contributed by atoms with Crippen molar-refractivity contribution >= 4 is 17.6 Å². The van der Waals surface area contributed by atoms with Crippen LogP contribution in [0.15, 0.2) is 47.4 Å². The van der Waals surface area contributed by atoms with Gasteiger partial charge in [-0.15, -0.1) is 5.10 Å². The first-order valence-electron chi connectivity index (χ1n) is 9.45. The maximum atomic E-state index is 12.6. The second-order valence-corrected chi connectivity index (χ2v) is 6.68. The minimum atomic E-state index is -1.25. The standard InChI is InChI=1S/C20H22N6O5/c1-25-12-15(18(24-25)20(29)30)22-19(28)14-5-2-4-13(10-14)11-26-17(27)7-6-16(23-26)31-9-3-8-21/h2,4-7,10,12H,3,8-9,11,21H2,1H3,(H,22,28)(H,29,30). The molecule has 0 bridgehead atoms. The van der Waals surface area contributed by atoms with Crippen LogP contribution in [0, 0.1) is 0 Å². The lowest BCUT2D eigenvalue weighted by Gasteiger charge is -2.09. The largest absolute Gasteiger partial charge is 0.477 e. The number of aryl methyl sites for hydroxylation is 1. The maximum Gasteiger partial charge on any atom is 0.358 e. The normalized spacial score (nSPS) is 10.6. The quantitative estimate of drug-likeness (QED) is 0.423. The third kappa shape index (κ3) is 5.54. The second-order valence-electron chi connectivity index (χ2n) is 6.68. The molecule has 2 heterocycles. The summed E-state index contributed by atoms with van der Waals surface area (Å²) in [5.41, 5.74) is 5.91. The number of hydrogen-bond donors (Lipinski definition) is 3. The average molecular weight is 426 g/mol. The molecule has 0 aliphatic heterocycles. The number of aromatic carboxylic acids is 1. The number of anilines is 1. The van der Waals surface area contributed by atoms with Crippen LogP contribution in [0.4, 0.5) is 5.69 Å². The molecule has 0 unspecified atom stereocenters. The summed E-state index contributed by atoms with van der Waals surface area (Å²) in [4.78, 5) is 36.0. The third-order valence-corrected chi connectivity index (χ3v) is 4.24. The number of nitrogens with one attached hydrogen (secondary N) is 1. The molecule has 11 heteroatoms. The van der Waals surface area contributed by atoms with Crippen LogP contribution in [0.2, 0.25) is 0 Å². The summed E-state index contributed by atoms with van der Waals surface area (Å²) in [5.74, 6) is -1.44. The molecule has 0 fully saturated rings. The van der Waals surface area contributed by atoms with Crippen LogP contribution in [-0.4, -0.2) is 49.7 Å². The first kappa shape index (κ1) is 21.7. The van der Waals surface area contributed by atoms with Gasteiger partial charge in [-0.2, -0.15) is 5.10 Å². The van der Waals surface area contributed by atoms with Crippen molar-refractivity contribution in [1.29, 1.82) is 0 Å². The van der Waals surface area contributed by atoms with Crippen LogP contribution < -0.4 is 21.3 Å². The average Bonchev–Trinajstić information content (AvgIpc) is 3.11. The van der Waals surface area contributed by atoms with Crippen molar-refractivity contribution in [2.24, 2.45) is 12.8 Å². The molecule has 31 heavy (non-hydrogen) atoms. The van der Waals surface area contributed by atoms with Crippen LogP contribution in [0.3, 0.4) is 0 Å². The van der Waals surface area contributed by atoms with Gasteiger partial charge in [-0.05, 0) is 30.7 Å². The number of carbonyl (C=O) groups excluding carboxylic acids is 1. The van der Waals surface area contributed by atoms with E-state index in [1.165, 1.54) is 27.7 Å². The molecule has 0 aliphatic carbocycles. The lowest BCUT2D eigenvalue weighted by Crippen LogP contribution is -2.23. The van der Waals surface area contributed by atoms with Crippen LogP contribution in [0.25, 0.3) is 0 Å². The van der Waals surface area contributed by atoms with E-state index in [9.17, 15) is 19.5 Å². The van der Waals surface area contributed by atoms with Crippen molar-refractivity contribution in [1.82, 2.24) is 19.6 Å². The number of amides is 1. The summed E-state index contributed by atoms with van der Waals surface area (Å²) in [5, 5.41) is 19.7. The van der Waals surface area contributed by atoms with Gasteiger partial charge in [-0.1, -0.05) is 12.1 Å². The smallest absolute Gasteiger partial charge is 0.358 e. The van der Waals surface area contributed by atoms with Crippen molar-refractivity contribution in [3.8, 4) is 5.88 Å². The van der Waals surface area contributed by atoms with Crippen molar-refractivity contribution in [3.63, 3.8) is 0 Å². The van der Waals surface area contributed by atoms with E-state index in [-0.39, 0.29) is 23.5 Å². The fourth-order valence-electron chi connectivity index (χ4n) is 2.80. The molecule has 2 aromatic heterocycles. The molecule has 1 amide bonds. The number of carboxylic acids is 1. The molecule has 0 spiro atoms. The molecular formula is C20H22N6O5. The van der Waals surface area contributed by atoms with Gasteiger partial charge in [0, 0.05) is 30.9 Å². The van der Waals surface area contributed by atoms with Gasteiger partial charge in [0.05, 0.1) is 18.8 Å². The fraction of sp³-hybridized carbons (Fsp3) is 0.250. The summed E-state index contributed by atoms with van der Waals surface area (Å²) in [6, 6.07) is 9.45. The van der Waals surface area contributed by atoms with Crippen molar-refractivity contribution in [2.75, 3.05) is 18.5 Å². The molecule has 0 atom stereocenters. The lowest BCUT2D eigenvalue weighted by atomic mass is 10.1. The van der Waals surface area contributed by atoms with Crippen molar-refractivity contribution in [2.45, 2.75) is 13.0 Å². The highest BCUT2D eigenvalue weighted by molar-refractivity contribution is 6.07. The number of rotatable bonds is 9. The highest BCUT2D eigenvalue weighted by Gasteiger charge is 2.18. The summed E-state index contributed by atoms with van der Waals surface area (Å²) in [7, 11) is 1.56. The number of carbonyl (C=O) groups is 2. The van der Waals surface area contributed by atoms with E-state index in [4.69, 9.17) is 10.5 Å². The van der Waals surface area contributed by atoms with E-state index in [0.29, 0.717) is 36.6 Å². The van der Waals surface area contributed by atoms with Gasteiger partial charge in [-0.25, -0.2) is 9.48 Å². The van der Waals surface area contributed by atoms with Crippen LogP contribution in [-0.2, 0) is 13.6 Å².